The molecule has 0 aromatic heterocycles. The highest BCUT2D eigenvalue weighted by Crippen LogP contribution is 2.33. The maximum Gasteiger partial charge on any atom is 0.173 e. The third-order valence-electron chi connectivity index (χ3n) is 3.02. The Balaban J connectivity index is 2.24. The number of rotatable bonds is 3. The summed E-state index contributed by atoms with van der Waals surface area (Å²) in [5, 5.41) is 3.73. The Bertz CT molecular complexity index is 368. The molecule has 0 amide bonds. The van der Waals surface area contributed by atoms with Crippen LogP contribution in [0.3, 0.4) is 0 Å². The van der Waals surface area contributed by atoms with E-state index in [0.717, 1.165) is 18.5 Å². The summed E-state index contributed by atoms with van der Waals surface area (Å²) in [4.78, 5) is 0. The maximum atomic E-state index is 13.8. The monoisotopic (exact) mass is 257 g/mol. The van der Waals surface area contributed by atoms with Crippen molar-refractivity contribution in [3.05, 3.63) is 28.5 Å². The molecule has 1 atom stereocenters. The Morgan fingerprint density at radius 3 is 2.88 bits per heavy atom. The van der Waals surface area contributed by atoms with Gasteiger partial charge >= 0.3 is 0 Å². The van der Waals surface area contributed by atoms with Crippen LogP contribution in [0.25, 0.3) is 0 Å². The Morgan fingerprint density at radius 2 is 2.29 bits per heavy atom. The van der Waals surface area contributed by atoms with Gasteiger partial charge in [0.2, 0.25) is 0 Å². The molecule has 0 unspecified atom stereocenters. The molecule has 1 aromatic carbocycles. The van der Waals surface area contributed by atoms with Crippen LogP contribution in [0.2, 0.25) is 5.02 Å². The van der Waals surface area contributed by atoms with E-state index in [2.05, 4.69) is 5.32 Å². The summed E-state index contributed by atoms with van der Waals surface area (Å²) in [6.45, 7) is 3.21. The average molecular weight is 258 g/mol. The number of ether oxygens (including phenoxy) is 1. The molecule has 0 spiro atoms. The van der Waals surface area contributed by atoms with E-state index in [-0.39, 0.29) is 17.6 Å². The van der Waals surface area contributed by atoms with E-state index in [0.29, 0.717) is 11.6 Å². The zero-order valence-corrected chi connectivity index (χ0v) is 10.7. The van der Waals surface area contributed by atoms with E-state index in [1.165, 1.54) is 18.9 Å². The van der Waals surface area contributed by atoms with Gasteiger partial charge in [0.25, 0.3) is 0 Å². The van der Waals surface area contributed by atoms with E-state index >= 15 is 0 Å². The summed E-state index contributed by atoms with van der Waals surface area (Å²) in [5.74, 6) is -0.213. The fraction of sp³-hybridized carbons (Fsp3) is 0.538. The Morgan fingerprint density at radius 1 is 1.47 bits per heavy atom. The molecular formula is C13H17ClFNO. The molecule has 0 bridgehead atoms. The summed E-state index contributed by atoms with van der Waals surface area (Å²) in [6.07, 6.45) is 3.39. The third kappa shape index (κ3) is 2.90. The lowest BCUT2D eigenvalue weighted by molar-refractivity contribution is 0.320. The molecule has 1 aliphatic heterocycles. The summed E-state index contributed by atoms with van der Waals surface area (Å²) in [7, 11) is 0. The maximum absolute atomic E-state index is 13.8. The van der Waals surface area contributed by atoms with Crippen molar-refractivity contribution in [1.82, 2.24) is 5.32 Å². The lowest BCUT2D eigenvalue weighted by atomic mass is 9.97. The highest BCUT2D eigenvalue weighted by atomic mass is 35.5. The molecule has 2 rings (SSSR count). The first kappa shape index (κ1) is 12.7. The minimum Gasteiger partial charge on any atom is -0.489 e. The normalized spacial score (nSPS) is 20.3. The second kappa shape index (κ2) is 5.69. The number of nitrogens with one attached hydrogen (secondary N) is 1. The molecule has 1 saturated heterocycles. The Kier molecular flexibility index (Phi) is 4.24. The van der Waals surface area contributed by atoms with E-state index < -0.39 is 0 Å². The van der Waals surface area contributed by atoms with Crippen LogP contribution in [0, 0.1) is 5.82 Å². The van der Waals surface area contributed by atoms with Gasteiger partial charge in [-0.1, -0.05) is 18.0 Å². The fourth-order valence-corrected chi connectivity index (χ4v) is 2.47. The van der Waals surface area contributed by atoms with Crippen LogP contribution in [-0.2, 0) is 0 Å². The topological polar surface area (TPSA) is 21.3 Å². The van der Waals surface area contributed by atoms with Crippen LogP contribution >= 0.6 is 11.6 Å². The standard InChI is InChI=1S/C13H17ClFNO/c1-2-17-13-10(14)7-9(8-11(13)15)12-5-3-4-6-16-12/h7-8,12,16H,2-6H2,1H3/t12-/m1/s1. The van der Waals surface area contributed by atoms with E-state index in [4.69, 9.17) is 16.3 Å². The predicted molar refractivity (Wildman–Crippen MR) is 67.2 cm³/mol. The van der Waals surface area contributed by atoms with E-state index in [1.54, 1.807) is 6.07 Å². The minimum atomic E-state index is -0.373. The molecule has 94 valence electrons. The van der Waals surface area contributed by atoms with Crippen LogP contribution in [0.1, 0.15) is 37.8 Å². The van der Waals surface area contributed by atoms with Crippen molar-refractivity contribution in [2.24, 2.45) is 0 Å². The molecule has 1 aliphatic rings. The third-order valence-corrected chi connectivity index (χ3v) is 3.30. The van der Waals surface area contributed by atoms with Gasteiger partial charge in [0.05, 0.1) is 11.6 Å². The van der Waals surface area contributed by atoms with Gasteiger partial charge in [-0.2, -0.15) is 0 Å². The van der Waals surface area contributed by atoms with Crippen LogP contribution in [0.4, 0.5) is 4.39 Å². The number of hydrogen-bond acceptors (Lipinski definition) is 2. The van der Waals surface area contributed by atoms with Crippen LogP contribution in [0.5, 0.6) is 5.75 Å². The summed E-state index contributed by atoms with van der Waals surface area (Å²) >= 11 is 6.04. The minimum absolute atomic E-state index is 0.161. The smallest absolute Gasteiger partial charge is 0.173 e. The Labute approximate surface area is 106 Å². The molecule has 17 heavy (non-hydrogen) atoms. The number of benzene rings is 1. The average Bonchev–Trinajstić information content (AvgIpc) is 2.35. The van der Waals surface area contributed by atoms with Crippen molar-refractivity contribution in [2.45, 2.75) is 32.2 Å². The predicted octanol–water partition coefficient (Wildman–Crippen LogP) is 3.69. The molecule has 0 saturated carbocycles. The van der Waals surface area contributed by atoms with Gasteiger partial charge in [0.1, 0.15) is 0 Å². The Hall–Kier alpha value is -0.800. The van der Waals surface area contributed by atoms with Crippen molar-refractivity contribution in [1.29, 1.82) is 0 Å². The van der Waals surface area contributed by atoms with Gasteiger partial charge in [-0.15, -0.1) is 0 Å². The van der Waals surface area contributed by atoms with Crippen LogP contribution in [0.15, 0.2) is 12.1 Å². The molecule has 0 radical (unpaired) electrons. The van der Waals surface area contributed by atoms with Crippen molar-refractivity contribution in [3.63, 3.8) is 0 Å². The van der Waals surface area contributed by atoms with Crippen molar-refractivity contribution < 1.29 is 9.13 Å². The molecule has 0 aliphatic carbocycles. The van der Waals surface area contributed by atoms with Gasteiger partial charge in [-0.3, -0.25) is 0 Å². The summed E-state index contributed by atoms with van der Waals surface area (Å²) < 4.78 is 19.0. The van der Waals surface area contributed by atoms with Gasteiger partial charge in [0, 0.05) is 6.04 Å². The number of piperidine rings is 1. The fourth-order valence-electron chi connectivity index (χ4n) is 2.20. The van der Waals surface area contributed by atoms with Crippen molar-refractivity contribution in [3.8, 4) is 5.75 Å². The first-order valence-corrected chi connectivity index (χ1v) is 6.45. The second-order valence-electron chi connectivity index (χ2n) is 4.25. The number of hydrogen-bond donors (Lipinski definition) is 1. The zero-order chi connectivity index (χ0) is 12.3. The molecule has 4 heteroatoms. The highest BCUT2D eigenvalue weighted by molar-refractivity contribution is 6.32. The second-order valence-corrected chi connectivity index (χ2v) is 4.66. The van der Waals surface area contributed by atoms with Crippen LogP contribution < -0.4 is 10.1 Å². The van der Waals surface area contributed by atoms with Gasteiger partial charge in [-0.05, 0) is 44.0 Å². The number of halogens is 2. The largest absolute Gasteiger partial charge is 0.489 e. The summed E-state index contributed by atoms with van der Waals surface area (Å²) in [5.41, 5.74) is 0.913. The molecular weight excluding hydrogens is 241 g/mol. The van der Waals surface area contributed by atoms with E-state index in [1.807, 2.05) is 6.92 Å². The first-order valence-electron chi connectivity index (χ1n) is 6.07. The van der Waals surface area contributed by atoms with Crippen molar-refractivity contribution >= 4 is 11.6 Å². The molecule has 2 nitrogen and oxygen atoms in total. The molecule has 1 fully saturated rings. The van der Waals surface area contributed by atoms with Gasteiger partial charge in [0.15, 0.2) is 11.6 Å². The lowest BCUT2D eigenvalue weighted by Gasteiger charge is -2.24. The lowest BCUT2D eigenvalue weighted by Crippen LogP contribution is -2.26. The molecule has 1 N–H and O–H groups in total. The van der Waals surface area contributed by atoms with Crippen LogP contribution in [-0.4, -0.2) is 13.2 Å². The highest BCUT2D eigenvalue weighted by Gasteiger charge is 2.18. The zero-order valence-electron chi connectivity index (χ0n) is 9.93. The van der Waals surface area contributed by atoms with E-state index in [9.17, 15) is 4.39 Å². The van der Waals surface area contributed by atoms with Gasteiger partial charge in [-0.25, -0.2) is 4.39 Å². The van der Waals surface area contributed by atoms with Crippen molar-refractivity contribution in [2.75, 3.05) is 13.2 Å². The molecule has 1 aromatic rings. The molecule has 1 heterocycles. The SMILES string of the molecule is CCOc1c(F)cc([C@H]2CCCCN2)cc1Cl. The first-order chi connectivity index (χ1) is 8.22. The van der Waals surface area contributed by atoms with Gasteiger partial charge < -0.3 is 10.1 Å². The summed E-state index contributed by atoms with van der Waals surface area (Å²) in [6, 6.07) is 3.55. The quantitative estimate of drug-likeness (QED) is 0.892.